The number of hydrogen-bond donors (Lipinski definition) is 1. The number of nitrogens with zero attached hydrogens (tertiary/aromatic N) is 1. The Labute approximate surface area is 88.5 Å². The Hall–Kier alpha value is -1.35. The summed E-state index contributed by atoms with van der Waals surface area (Å²) < 4.78 is 5.59. The van der Waals surface area contributed by atoms with Gasteiger partial charge >= 0.3 is 0 Å². The number of aromatic nitrogens is 2. The predicted octanol–water partition coefficient (Wildman–Crippen LogP) is 2.28. The minimum atomic E-state index is 0.366. The molecule has 3 nitrogen and oxygen atoms in total. The second-order valence-corrected chi connectivity index (χ2v) is 4.04. The van der Waals surface area contributed by atoms with Crippen molar-refractivity contribution in [3.05, 3.63) is 30.1 Å². The maximum Gasteiger partial charge on any atom is 0.109 e. The number of ether oxygens (including phenoxy) is 1. The van der Waals surface area contributed by atoms with E-state index < -0.39 is 0 Å². The number of para-hydroxylation sites is 2. The molecule has 2 aromatic rings. The second kappa shape index (κ2) is 3.66. The average Bonchev–Trinajstić information content (AvgIpc) is 2.86. The van der Waals surface area contributed by atoms with Gasteiger partial charge in [-0.1, -0.05) is 12.1 Å². The highest BCUT2D eigenvalue weighted by Gasteiger charge is 2.17. The van der Waals surface area contributed by atoms with Crippen molar-refractivity contribution in [1.29, 1.82) is 0 Å². The number of benzene rings is 1. The number of fused-ring (bicyclic) bond motifs is 1. The summed E-state index contributed by atoms with van der Waals surface area (Å²) in [6.45, 7) is 0.908. The molecule has 15 heavy (non-hydrogen) atoms. The molecule has 1 atom stereocenters. The molecule has 1 N–H and O–H groups in total. The second-order valence-electron chi connectivity index (χ2n) is 4.04. The summed E-state index contributed by atoms with van der Waals surface area (Å²) in [7, 11) is 0. The highest BCUT2D eigenvalue weighted by Crippen LogP contribution is 2.17. The normalized spacial score (nSPS) is 21.2. The lowest BCUT2D eigenvalue weighted by atomic mass is 10.2. The SMILES string of the molecule is c1ccc2[nH]c(CC3CCCO3)nc2c1. The van der Waals surface area contributed by atoms with Crippen LogP contribution in [0.15, 0.2) is 24.3 Å². The number of nitrogens with one attached hydrogen (secondary N) is 1. The van der Waals surface area contributed by atoms with Crippen LogP contribution in [0.1, 0.15) is 18.7 Å². The Bertz CT molecular complexity index is 424. The summed E-state index contributed by atoms with van der Waals surface area (Å²) in [5.74, 6) is 1.04. The zero-order valence-corrected chi connectivity index (χ0v) is 8.57. The smallest absolute Gasteiger partial charge is 0.109 e. The van der Waals surface area contributed by atoms with E-state index in [1.807, 2.05) is 18.2 Å². The van der Waals surface area contributed by atoms with Crippen LogP contribution in [0.5, 0.6) is 0 Å². The zero-order chi connectivity index (χ0) is 10.1. The Kier molecular flexibility index (Phi) is 2.18. The largest absolute Gasteiger partial charge is 0.378 e. The van der Waals surface area contributed by atoms with Crippen LogP contribution in [0.3, 0.4) is 0 Å². The molecular formula is C12H14N2O. The molecule has 1 fully saturated rings. The lowest BCUT2D eigenvalue weighted by Crippen LogP contribution is -2.09. The first-order chi connectivity index (χ1) is 7.42. The van der Waals surface area contributed by atoms with E-state index >= 15 is 0 Å². The molecule has 0 aliphatic carbocycles. The average molecular weight is 202 g/mol. The Morgan fingerprint density at radius 3 is 3.13 bits per heavy atom. The van der Waals surface area contributed by atoms with Gasteiger partial charge in [-0.15, -0.1) is 0 Å². The van der Waals surface area contributed by atoms with Crippen LogP contribution >= 0.6 is 0 Å². The third kappa shape index (κ3) is 1.75. The summed E-state index contributed by atoms with van der Waals surface area (Å²) >= 11 is 0. The molecule has 1 aliphatic heterocycles. The van der Waals surface area contributed by atoms with E-state index in [4.69, 9.17) is 4.74 Å². The van der Waals surface area contributed by atoms with Gasteiger partial charge in [-0.2, -0.15) is 0 Å². The van der Waals surface area contributed by atoms with Gasteiger partial charge in [0.2, 0.25) is 0 Å². The first kappa shape index (κ1) is 8.92. The lowest BCUT2D eigenvalue weighted by molar-refractivity contribution is 0.110. The Morgan fingerprint density at radius 2 is 2.33 bits per heavy atom. The van der Waals surface area contributed by atoms with E-state index in [0.717, 1.165) is 36.3 Å². The van der Waals surface area contributed by atoms with Gasteiger partial charge in [-0.05, 0) is 25.0 Å². The third-order valence-corrected chi connectivity index (χ3v) is 2.88. The Morgan fingerprint density at radius 1 is 1.40 bits per heavy atom. The van der Waals surface area contributed by atoms with Crippen LogP contribution in [0.25, 0.3) is 11.0 Å². The van der Waals surface area contributed by atoms with Crippen molar-refractivity contribution in [3.8, 4) is 0 Å². The summed E-state index contributed by atoms with van der Waals surface area (Å²) in [5, 5.41) is 0. The van der Waals surface area contributed by atoms with Crippen molar-refractivity contribution < 1.29 is 4.74 Å². The van der Waals surface area contributed by atoms with Gasteiger partial charge in [0.1, 0.15) is 5.82 Å². The lowest BCUT2D eigenvalue weighted by Gasteiger charge is -2.05. The summed E-state index contributed by atoms with van der Waals surface area (Å²) in [4.78, 5) is 7.87. The molecular weight excluding hydrogens is 188 g/mol. The monoisotopic (exact) mass is 202 g/mol. The van der Waals surface area contributed by atoms with Gasteiger partial charge in [0, 0.05) is 13.0 Å². The molecule has 0 saturated carbocycles. The summed E-state index contributed by atoms with van der Waals surface area (Å²) in [6, 6.07) is 8.13. The molecule has 0 spiro atoms. The molecule has 1 saturated heterocycles. The molecule has 1 aromatic carbocycles. The first-order valence-electron chi connectivity index (χ1n) is 5.47. The number of rotatable bonds is 2. The fourth-order valence-corrected chi connectivity index (χ4v) is 2.12. The van der Waals surface area contributed by atoms with Gasteiger partial charge in [0.15, 0.2) is 0 Å². The predicted molar refractivity (Wildman–Crippen MR) is 58.8 cm³/mol. The van der Waals surface area contributed by atoms with Gasteiger partial charge in [0.05, 0.1) is 17.1 Å². The molecule has 3 heteroatoms. The van der Waals surface area contributed by atoms with E-state index in [2.05, 4.69) is 16.0 Å². The molecule has 3 rings (SSSR count). The van der Waals surface area contributed by atoms with E-state index in [9.17, 15) is 0 Å². The minimum absolute atomic E-state index is 0.366. The van der Waals surface area contributed by atoms with Crippen LogP contribution in [-0.2, 0) is 11.2 Å². The minimum Gasteiger partial charge on any atom is -0.378 e. The van der Waals surface area contributed by atoms with Crippen molar-refractivity contribution >= 4 is 11.0 Å². The van der Waals surface area contributed by atoms with Crippen molar-refractivity contribution in [1.82, 2.24) is 9.97 Å². The van der Waals surface area contributed by atoms with Crippen LogP contribution in [0.4, 0.5) is 0 Å². The Balaban J connectivity index is 1.84. The molecule has 1 aromatic heterocycles. The molecule has 1 unspecified atom stereocenters. The first-order valence-corrected chi connectivity index (χ1v) is 5.47. The molecule has 1 aliphatic rings. The van der Waals surface area contributed by atoms with Crippen LogP contribution < -0.4 is 0 Å². The van der Waals surface area contributed by atoms with E-state index in [0.29, 0.717) is 6.10 Å². The van der Waals surface area contributed by atoms with Crippen molar-refractivity contribution in [2.45, 2.75) is 25.4 Å². The maximum atomic E-state index is 5.59. The standard InChI is InChI=1S/C12H14N2O/c1-2-6-11-10(5-1)13-12(14-11)8-9-4-3-7-15-9/h1-2,5-6,9H,3-4,7-8H2,(H,13,14). The van der Waals surface area contributed by atoms with Gasteiger partial charge in [0.25, 0.3) is 0 Å². The molecule has 0 amide bonds. The van der Waals surface area contributed by atoms with Crippen LogP contribution in [0, 0.1) is 0 Å². The number of H-pyrrole nitrogens is 1. The topological polar surface area (TPSA) is 37.9 Å². The van der Waals surface area contributed by atoms with Crippen LogP contribution in [0.2, 0.25) is 0 Å². The fraction of sp³-hybridized carbons (Fsp3) is 0.417. The highest BCUT2D eigenvalue weighted by atomic mass is 16.5. The summed E-state index contributed by atoms with van der Waals surface area (Å²) in [5.41, 5.74) is 2.16. The molecule has 78 valence electrons. The number of aromatic amines is 1. The van der Waals surface area contributed by atoms with Crippen molar-refractivity contribution in [2.75, 3.05) is 6.61 Å². The number of imidazole rings is 1. The van der Waals surface area contributed by atoms with Crippen molar-refractivity contribution in [2.24, 2.45) is 0 Å². The number of hydrogen-bond acceptors (Lipinski definition) is 2. The van der Waals surface area contributed by atoms with E-state index in [1.54, 1.807) is 0 Å². The van der Waals surface area contributed by atoms with Gasteiger partial charge < -0.3 is 9.72 Å². The highest BCUT2D eigenvalue weighted by molar-refractivity contribution is 5.74. The van der Waals surface area contributed by atoms with E-state index in [-0.39, 0.29) is 0 Å². The molecule has 2 heterocycles. The molecule has 0 radical (unpaired) electrons. The van der Waals surface area contributed by atoms with Gasteiger partial charge in [-0.3, -0.25) is 0 Å². The van der Waals surface area contributed by atoms with Crippen molar-refractivity contribution in [3.63, 3.8) is 0 Å². The molecule has 0 bridgehead atoms. The van der Waals surface area contributed by atoms with E-state index in [1.165, 1.54) is 6.42 Å². The maximum absolute atomic E-state index is 5.59. The van der Waals surface area contributed by atoms with Crippen LogP contribution in [-0.4, -0.2) is 22.7 Å². The van der Waals surface area contributed by atoms with Gasteiger partial charge in [-0.25, -0.2) is 4.98 Å². The fourth-order valence-electron chi connectivity index (χ4n) is 2.12. The summed E-state index contributed by atoms with van der Waals surface area (Å²) in [6.07, 6.45) is 3.63. The third-order valence-electron chi connectivity index (χ3n) is 2.88. The quantitative estimate of drug-likeness (QED) is 0.811. The zero-order valence-electron chi connectivity index (χ0n) is 8.57.